The van der Waals surface area contributed by atoms with Crippen molar-refractivity contribution >= 4 is 0 Å². The fourth-order valence-electron chi connectivity index (χ4n) is 1.46. The Kier molecular flexibility index (Phi) is 4.78. The van der Waals surface area contributed by atoms with Crippen LogP contribution in [0.3, 0.4) is 0 Å². The Morgan fingerprint density at radius 1 is 0.722 bits per heavy atom. The highest BCUT2D eigenvalue weighted by Gasteiger charge is 1.94. The summed E-state index contributed by atoms with van der Waals surface area (Å²) in [7, 11) is 0. The van der Waals surface area contributed by atoms with Crippen LogP contribution in [0.5, 0.6) is 11.5 Å². The van der Waals surface area contributed by atoms with Crippen LogP contribution in [-0.2, 0) is 0 Å². The summed E-state index contributed by atoms with van der Waals surface area (Å²) in [6.07, 6.45) is 0. The monoisotopic (exact) mass is 244 g/mol. The molecule has 0 radical (unpaired) electrons. The topological polar surface area (TPSA) is 40.5 Å². The number of phenols is 2. The minimum atomic E-state index is 0.384. The van der Waals surface area contributed by atoms with Crippen molar-refractivity contribution in [1.82, 2.24) is 0 Å². The second-order valence-electron chi connectivity index (χ2n) is 4.51. The predicted octanol–water partition coefficient (Wildman–Crippen LogP) is 4.02. The molecule has 2 nitrogen and oxygen atoms in total. The normalized spacial score (nSPS) is 9.56. The van der Waals surface area contributed by atoms with E-state index in [-0.39, 0.29) is 0 Å². The lowest BCUT2D eigenvalue weighted by Gasteiger charge is -1.99. The largest absolute Gasteiger partial charge is 0.508 e. The molecule has 0 spiro atoms. The van der Waals surface area contributed by atoms with E-state index in [9.17, 15) is 0 Å². The van der Waals surface area contributed by atoms with Gasteiger partial charge in [-0.25, -0.2) is 0 Å². The number of benzene rings is 2. The number of aryl methyl sites for hydroxylation is 3. The summed E-state index contributed by atoms with van der Waals surface area (Å²) in [6.45, 7) is 7.73. The van der Waals surface area contributed by atoms with Gasteiger partial charge in [0.2, 0.25) is 0 Å². The van der Waals surface area contributed by atoms with Crippen LogP contribution in [0, 0.1) is 27.7 Å². The van der Waals surface area contributed by atoms with Gasteiger partial charge < -0.3 is 10.2 Å². The zero-order chi connectivity index (χ0) is 13.7. The number of hydrogen-bond acceptors (Lipinski definition) is 2. The smallest absolute Gasteiger partial charge is 0.118 e. The summed E-state index contributed by atoms with van der Waals surface area (Å²) in [5.41, 5.74) is 4.13. The van der Waals surface area contributed by atoms with Gasteiger partial charge in [-0.15, -0.1) is 0 Å². The van der Waals surface area contributed by atoms with E-state index in [1.165, 1.54) is 0 Å². The van der Waals surface area contributed by atoms with E-state index in [1.807, 2.05) is 52.0 Å². The van der Waals surface area contributed by atoms with Gasteiger partial charge in [-0.3, -0.25) is 0 Å². The Balaban J connectivity index is 0.000000180. The molecule has 0 heterocycles. The van der Waals surface area contributed by atoms with E-state index in [0.29, 0.717) is 11.5 Å². The summed E-state index contributed by atoms with van der Waals surface area (Å²) >= 11 is 0. The second kappa shape index (κ2) is 6.10. The molecule has 0 amide bonds. The van der Waals surface area contributed by atoms with Crippen molar-refractivity contribution in [1.29, 1.82) is 0 Å². The first-order valence-electron chi connectivity index (χ1n) is 5.93. The molecule has 0 aromatic heterocycles. The quantitative estimate of drug-likeness (QED) is 0.735. The molecule has 0 fully saturated rings. The van der Waals surface area contributed by atoms with Gasteiger partial charge in [0, 0.05) is 0 Å². The van der Waals surface area contributed by atoms with Crippen LogP contribution >= 0.6 is 0 Å². The maximum Gasteiger partial charge on any atom is 0.118 e. The summed E-state index contributed by atoms with van der Waals surface area (Å²) < 4.78 is 0. The zero-order valence-corrected chi connectivity index (χ0v) is 11.4. The van der Waals surface area contributed by atoms with Gasteiger partial charge in [0.15, 0.2) is 0 Å². The minimum Gasteiger partial charge on any atom is -0.508 e. The molecule has 0 saturated carbocycles. The highest BCUT2D eigenvalue weighted by Crippen LogP contribution is 2.17. The Morgan fingerprint density at radius 2 is 1.39 bits per heavy atom. The van der Waals surface area contributed by atoms with Gasteiger partial charge in [0.25, 0.3) is 0 Å². The summed E-state index contributed by atoms with van der Waals surface area (Å²) in [4.78, 5) is 0. The average Bonchev–Trinajstić information content (AvgIpc) is 2.32. The molecule has 0 aliphatic heterocycles. The third kappa shape index (κ3) is 3.81. The lowest BCUT2D eigenvalue weighted by Crippen LogP contribution is -1.78. The van der Waals surface area contributed by atoms with Crippen molar-refractivity contribution in [3.63, 3.8) is 0 Å². The predicted molar refractivity (Wildman–Crippen MR) is 75.2 cm³/mol. The van der Waals surface area contributed by atoms with Crippen molar-refractivity contribution in [2.75, 3.05) is 0 Å². The first kappa shape index (κ1) is 14.1. The molecule has 0 saturated heterocycles. The lowest BCUT2D eigenvalue weighted by molar-refractivity contribution is 0.470. The molecule has 2 heteroatoms. The second-order valence-corrected chi connectivity index (χ2v) is 4.51. The number of hydrogen-bond donors (Lipinski definition) is 2. The third-order valence-corrected chi connectivity index (χ3v) is 2.94. The molecular weight excluding hydrogens is 224 g/mol. The molecule has 0 unspecified atom stereocenters. The van der Waals surface area contributed by atoms with Crippen LogP contribution in [0.2, 0.25) is 0 Å². The molecule has 2 N–H and O–H groups in total. The van der Waals surface area contributed by atoms with E-state index < -0.39 is 0 Å². The van der Waals surface area contributed by atoms with Crippen LogP contribution in [0.15, 0.2) is 36.4 Å². The van der Waals surface area contributed by atoms with Crippen molar-refractivity contribution in [2.24, 2.45) is 0 Å². The summed E-state index contributed by atoms with van der Waals surface area (Å²) in [6, 6.07) is 11.2. The van der Waals surface area contributed by atoms with Crippen molar-refractivity contribution in [2.45, 2.75) is 27.7 Å². The molecule has 2 rings (SSSR count). The minimum absolute atomic E-state index is 0.384. The van der Waals surface area contributed by atoms with Gasteiger partial charge in [0.1, 0.15) is 11.5 Å². The Hall–Kier alpha value is -1.96. The SMILES string of the molecule is Cc1ccc(C)c(O)c1.Cc1cccc(O)c1C. The number of rotatable bonds is 0. The number of phenolic OH excluding ortho intramolecular Hbond substituents is 2. The van der Waals surface area contributed by atoms with E-state index >= 15 is 0 Å². The molecular formula is C16H20O2. The van der Waals surface area contributed by atoms with Gasteiger partial charge >= 0.3 is 0 Å². The molecule has 0 atom stereocenters. The standard InChI is InChI=1S/2C8H10O/c1-6-3-4-7(2)8(9)5-6;1-6-4-3-5-8(9)7(6)2/h2*3-5,9H,1-2H3. The summed E-state index contributed by atoms with van der Waals surface area (Å²) in [5, 5.41) is 18.2. The van der Waals surface area contributed by atoms with Crippen molar-refractivity contribution in [3.05, 3.63) is 58.7 Å². The highest BCUT2D eigenvalue weighted by molar-refractivity contribution is 5.36. The Labute approximate surface area is 109 Å². The van der Waals surface area contributed by atoms with Crippen LogP contribution in [0.1, 0.15) is 22.3 Å². The molecule has 0 aliphatic rings. The Morgan fingerprint density at radius 3 is 1.83 bits per heavy atom. The zero-order valence-electron chi connectivity index (χ0n) is 11.4. The van der Waals surface area contributed by atoms with E-state index in [1.54, 1.807) is 12.1 Å². The van der Waals surface area contributed by atoms with Gasteiger partial charge in [-0.05, 0) is 62.1 Å². The van der Waals surface area contributed by atoms with Crippen molar-refractivity contribution in [3.8, 4) is 11.5 Å². The fraction of sp³-hybridized carbons (Fsp3) is 0.250. The molecule has 2 aromatic carbocycles. The van der Waals surface area contributed by atoms with Gasteiger partial charge in [-0.1, -0.05) is 24.3 Å². The lowest BCUT2D eigenvalue weighted by atomic mass is 10.1. The van der Waals surface area contributed by atoms with E-state index in [2.05, 4.69) is 0 Å². The first-order valence-corrected chi connectivity index (χ1v) is 5.93. The van der Waals surface area contributed by atoms with Crippen LogP contribution in [0.25, 0.3) is 0 Å². The third-order valence-electron chi connectivity index (χ3n) is 2.94. The summed E-state index contributed by atoms with van der Waals surface area (Å²) in [5.74, 6) is 0.769. The van der Waals surface area contributed by atoms with E-state index in [4.69, 9.17) is 10.2 Å². The molecule has 0 aliphatic carbocycles. The number of aromatic hydroxyl groups is 2. The van der Waals surface area contributed by atoms with Crippen LogP contribution in [0.4, 0.5) is 0 Å². The molecule has 2 aromatic rings. The maximum absolute atomic E-state index is 9.10. The highest BCUT2D eigenvalue weighted by atomic mass is 16.3. The average molecular weight is 244 g/mol. The fourth-order valence-corrected chi connectivity index (χ4v) is 1.46. The molecule has 0 bridgehead atoms. The van der Waals surface area contributed by atoms with Crippen molar-refractivity contribution < 1.29 is 10.2 Å². The Bertz CT molecular complexity index is 510. The van der Waals surface area contributed by atoms with Gasteiger partial charge in [0.05, 0.1) is 0 Å². The van der Waals surface area contributed by atoms with Crippen LogP contribution in [-0.4, -0.2) is 10.2 Å². The maximum atomic E-state index is 9.10. The van der Waals surface area contributed by atoms with E-state index in [0.717, 1.165) is 22.3 Å². The molecule has 18 heavy (non-hydrogen) atoms. The van der Waals surface area contributed by atoms with Crippen LogP contribution < -0.4 is 0 Å². The first-order chi connectivity index (χ1) is 8.41. The molecule has 96 valence electrons. The van der Waals surface area contributed by atoms with Gasteiger partial charge in [-0.2, -0.15) is 0 Å².